The van der Waals surface area contributed by atoms with Gasteiger partial charge in [0.2, 0.25) is 5.88 Å². The molecule has 0 amide bonds. The Labute approximate surface area is 229 Å². The molecule has 1 aliphatic heterocycles. The number of carbonyl (C=O) groups is 1. The number of carbonyl (C=O) groups excluding carboxylic acids is 1. The Kier molecular flexibility index (Phi) is 7.63. The van der Waals surface area contributed by atoms with Crippen LogP contribution in [-0.4, -0.2) is 58.0 Å². The first-order valence-electron chi connectivity index (χ1n) is 12.6. The lowest BCUT2D eigenvalue weighted by molar-refractivity contribution is 0.101. The molecule has 200 valence electrons. The first kappa shape index (κ1) is 26.4. The molecule has 3 aromatic heterocycles. The number of fused-ring (bicyclic) bond motifs is 1. The molecule has 0 bridgehead atoms. The van der Waals surface area contributed by atoms with E-state index in [1.165, 1.54) is 6.92 Å². The highest BCUT2D eigenvalue weighted by atomic mass is 35.5. The third kappa shape index (κ3) is 5.24. The lowest BCUT2D eigenvalue weighted by atomic mass is 10.0. The number of pyridine rings is 2. The number of halogens is 1. The number of hydrogen-bond donors (Lipinski definition) is 0. The molecule has 1 aliphatic rings. The highest BCUT2D eigenvalue weighted by molar-refractivity contribution is 6.31. The fourth-order valence-electron chi connectivity index (χ4n) is 4.92. The summed E-state index contributed by atoms with van der Waals surface area (Å²) in [6, 6.07) is 9.11. The van der Waals surface area contributed by atoms with E-state index >= 15 is 0 Å². The highest BCUT2D eigenvalue weighted by Gasteiger charge is 2.29. The molecule has 5 rings (SSSR count). The lowest BCUT2D eigenvalue weighted by Gasteiger charge is -2.28. The predicted octanol–water partition coefficient (Wildman–Crippen LogP) is 4.00. The minimum atomic E-state index is -0.408. The zero-order chi connectivity index (χ0) is 27.5. The summed E-state index contributed by atoms with van der Waals surface area (Å²) >= 11 is 6.22. The van der Waals surface area contributed by atoms with Crippen LogP contribution >= 0.6 is 11.6 Å². The molecule has 1 aromatic carbocycles. The van der Waals surface area contributed by atoms with Crippen molar-refractivity contribution in [2.75, 3.05) is 31.8 Å². The second kappa shape index (κ2) is 11.3. The van der Waals surface area contributed by atoms with E-state index < -0.39 is 5.43 Å². The zero-order valence-corrected chi connectivity index (χ0v) is 22.4. The van der Waals surface area contributed by atoms with Gasteiger partial charge in [0.05, 0.1) is 53.4 Å². The van der Waals surface area contributed by atoms with E-state index in [0.717, 1.165) is 19.4 Å². The van der Waals surface area contributed by atoms with E-state index in [-0.39, 0.29) is 17.4 Å². The van der Waals surface area contributed by atoms with E-state index in [0.29, 0.717) is 58.5 Å². The van der Waals surface area contributed by atoms with Gasteiger partial charge in [-0.2, -0.15) is 10.4 Å². The minimum absolute atomic E-state index is 0.0268. The number of benzene rings is 1. The van der Waals surface area contributed by atoms with Gasteiger partial charge in [-0.15, -0.1) is 0 Å². The first-order chi connectivity index (χ1) is 18.9. The molecule has 1 saturated heterocycles. The van der Waals surface area contributed by atoms with Gasteiger partial charge in [0.15, 0.2) is 11.2 Å². The van der Waals surface area contributed by atoms with Gasteiger partial charge in [0, 0.05) is 37.6 Å². The van der Waals surface area contributed by atoms with E-state index in [1.54, 1.807) is 53.1 Å². The smallest absolute Gasteiger partial charge is 0.232 e. The van der Waals surface area contributed by atoms with E-state index in [2.05, 4.69) is 21.1 Å². The molecule has 39 heavy (non-hydrogen) atoms. The third-order valence-corrected chi connectivity index (χ3v) is 7.15. The van der Waals surface area contributed by atoms with Crippen LogP contribution in [0, 0.1) is 11.3 Å². The standard InChI is InChI=1S/C28H27ClN6O4/c1-18(36)23-16-35(21-14-32-33(15-21)9-10-38-2)26-12-25(19(13-30)11-22(26)27(23)37)34-8-4-5-20(34)17-39-28-24(29)6-3-7-31-28/h3,6-7,11-12,14-16,20H,4-5,8-10,17H2,1-2H3/t20-/m1/s1. The normalized spacial score (nSPS) is 15.0. The van der Waals surface area contributed by atoms with Crippen LogP contribution in [-0.2, 0) is 11.3 Å². The number of ether oxygens (including phenoxy) is 2. The van der Waals surface area contributed by atoms with Crippen LogP contribution in [0.5, 0.6) is 5.88 Å². The van der Waals surface area contributed by atoms with Crippen molar-refractivity contribution < 1.29 is 14.3 Å². The summed E-state index contributed by atoms with van der Waals surface area (Å²) in [6.07, 6.45) is 8.44. The molecule has 1 fully saturated rings. The Bertz CT molecular complexity index is 1640. The van der Waals surface area contributed by atoms with Gasteiger partial charge in [-0.1, -0.05) is 11.6 Å². The van der Waals surface area contributed by atoms with Crippen molar-refractivity contribution >= 4 is 34.0 Å². The van der Waals surface area contributed by atoms with Crippen molar-refractivity contribution in [1.82, 2.24) is 19.3 Å². The number of nitrogens with zero attached hydrogens (tertiary/aromatic N) is 6. The fourth-order valence-corrected chi connectivity index (χ4v) is 5.09. The summed E-state index contributed by atoms with van der Waals surface area (Å²) in [5.74, 6) is 0.0102. The number of anilines is 1. The van der Waals surface area contributed by atoms with Crippen LogP contribution < -0.4 is 15.1 Å². The van der Waals surface area contributed by atoms with Crippen LogP contribution in [0.15, 0.2) is 53.8 Å². The topological polar surface area (TPSA) is 115 Å². The van der Waals surface area contributed by atoms with Crippen molar-refractivity contribution in [3.05, 3.63) is 75.4 Å². The number of rotatable bonds is 9. The molecule has 1 atom stereocenters. The number of methoxy groups -OCH3 is 1. The average molecular weight is 547 g/mol. The summed E-state index contributed by atoms with van der Waals surface area (Å²) in [4.78, 5) is 32.0. The third-order valence-electron chi connectivity index (χ3n) is 6.87. The van der Waals surface area contributed by atoms with Gasteiger partial charge in [-0.3, -0.25) is 14.3 Å². The Balaban J connectivity index is 1.60. The first-order valence-corrected chi connectivity index (χ1v) is 12.9. The Morgan fingerprint density at radius 1 is 1.31 bits per heavy atom. The molecule has 0 unspecified atom stereocenters. The van der Waals surface area contributed by atoms with Crippen LogP contribution in [0.2, 0.25) is 5.02 Å². The number of ketones is 1. The molecule has 4 heterocycles. The largest absolute Gasteiger partial charge is 0.474 e. The zero-order valence-electron chi connectivity index (χ0n) is 21.6. The number of nitriles is 1. The summed E-state index contributed by atoms with van der Waals surface area (Å²) in [7, 11) is 1.62. The maximum atomic E-state index is 13.3. The van der Waals surface area contributed by atoms with E-state index in [4.69, 9.17) is 21.1 Å². The van der Waals surface area contributed by atoms with Crippen LogP contribution in [0.1, 0.15) is 35.7 Å². The molecule has 0 saturated carbocycles. The van der Waals surface area contributed by atoms with Gasteiger partial charge in [-0.05, 0) is 44.0 Å². The SMILES string of the molecule is COCCn1cc(-n2cc(C(C)=O)c(=O)c3cc(C#N)c(N4CCC[C@@H]4COc4ncccc4Cl)cc32)cn1. The quantitative estimate of drug-likeness (QED) is 0.289. The van der Waals surface area contributed by atoms with Gasteiger partial charge < -0.3 is 18.9 Å². The summed E-state index contributed by atoms with van der Waals surface area (Å²) < 4.78 is 14.6. The van der Waals surface area contributed by atoms with Gasteiger partial charge in [-0.25, -0.2) is 4.98 Å². The Morgan fingerprint density at radius 3 is 2.90 bits per heavy atom. The molecular formula is C28H27ClN6O4. The van der Waals surface area contributed by atoms with Gasteiger partial charge in [0.25, 0.3) is 0 Å². The molecule has 0 N–H and O–H groups in total. The van der Waals surface area contributed by atoms with Gasteiger partial charge >= 0.3 is 0 Å². The average Bonchev–Trinajstić information content (AvgIpc) is 3.60. The monoisotopic (exact) mass is 546 g/mol. The number of hydrogen-bond acceptors (Lipinski definition) is 8. The van der Waals surface area contributed by atoms with Crippen LogP contribution in [0.3, 0.4) is 0 Å². The maximum absolute atomic E-state index is 13.3. The fraction of sp³-hybridized carbons (Fsp3) is 0.321. The minimum Gasteiger partial charge on any atom is -0.474 e. The predicted molar refractivity (Wildman–Crippen MR) is 147 cm³/mol. The Hall–Kier alpha value is -4.20. The van der Waals surface area contributed by atoms with Crippen LogP contribution in [0.25, 0.3) is 16.6 Å². The molecule has 0 radical (unpaired) electrons. The molecule has 0 spiro atoms. The van der Waals surface area contributed by atoms with Crippen molar-refractivity contribution in [3.8, 4) is 17.6 Å². The lowest BCUT2D eigenvalue weighted by Crippen LogP contribution is -2.35. The molecule has 11 heteroatoms. The van der Waals surface area contributed by atoms with Crippen molar-refractivity contribution in [2.45, 2.75) is 32.4 Å². The van der Waals surface area contributed by atoms with Crippen molar-refractivity contribution in [3.63, 3.8) is 0 Å². The summed E-state index contributed by atoms with van der Waals surface area (Å²) in [5.41, 5.74) is 1.94. The maximum Gasteiger partial charge on any atom is 0.232 e. The van der Waals surface area contributed by atoms with Gasteiger partial charge in [0.1, 0.15) is 17.7 Å². The molecular weight excluding hydrogens is 520 g/mol. The van der Waals surface area contributed by atoms with Crippen molar-refractivity contribution in [1.29, 1.82) is 5.26 Å². The Morgan fingerprint density at radius 2 is 2.15 bits per heavy atom. The number of Topliss-reactive ketones (excluding diaryl/α,β-unsaturated/α-hetero) is 1. The second-order valence-corrected chi connectivity index (χ2v) is 9.75. The highest BCUT2D eigenvalue weighted by Crippen LogP contribution is 2.33. The number of aromatic nitrogens is 4. The van der Waals surface area contributed by atoms with E-state index in [1.807, 2.05) is 12.3 Å². The van der Waals surface area contributed by atoms with Crippen LogP contribution in [0.4, 0.5) is 5.69 Å². The second-order valence-electron chi connectivity index (χ2n) is 9.34. The van der Waals surface area contributed by atoms with E-state index in [9.17, 15) is 14.9 Å². The summed E-state index contributed by atoms with van der Waals surface area (Å²) in [5, 5.41) is 15.2. The molecule has 10 nitrogen and oxygen atoms in total. The van der Waals surface area contributed by atoms with Crippen molar-refractivity contribution in [2.24, 2.45) is 0 Å². The molecule has 4 aromatic rings. The molecule has 0 aliphatic carbocycles. The summed E-state index contributed by atoms with van der Waals surface area (Å²) in [6.45, 7) is 3.45.